The molecule has 0 amide bonds. The number of thiazole rings is 1. The van der Waals surface area contributed by atoms with E-state index < -0.39 is 10.0 Å². The maximum atomic E-state index is 13.0. The van der Waals surface area contributed by atoms with Gasteiger partial charge in [-0.15, -0.1) is 0 Å². The van der Waals surface area contributed by atoms with Crippen LogP contribution in [-0.2, 0) is 16.6 Å². The summed E-state index contributed by atoms with van der Waals surface area (Å²) in [5.74, 6) is 0. The maximum Gasteiger partial charge on any atom is 0.308 e. The molecule has 0 aliphatic rings. The molecule has 0 saturated heterocycles. The van der Waals surface area contributed by atoms with E-state index in [4.69, 9.17) is 11.6 Å². The fourth-order valence-electron chi connectivity index (χ4n) is 3.46. The molecule has 4 aromatic rings. The minimum Gasteiger partial charge on any atom is -0.294 e. The van der Waals surface area contributed by atoms with Crippen LogP contribution in [0.4, 0.5) is 0 Å². The van der Waals surface area contributed by atoms with E-state index in [1.807, 2.05) is 49.4 Å². The Morgan fingerprint density at radius 3 is 2.42 bits per heavy atom. The molecule has 4 rings (SSSR count). The van der Waals surface area contributed by atoms with Crippen molar-refractivity contribution in [1.29, 1.82) is 0 Å². The Morgan fingerprint density at radius 1 is 1.03 bits per heavy atom. The summed E-state index contributed by atoms with van der Waals surface area (Å²) in [5.41, 5.74) is 2.56. The fourth-order valence-corrected chi connectivity index (χ4v) is 5.93. The van der Waals surface area contributed by atoms with Gasteiger partial charge >= 0.3 is 4.87 Å². The topological polar surface area (TPSA) is 68.2 Å². The highest BCUT2D eigenvalue weighted by atomic mass is 35.5. The van der Waals surface area contributed by atoms with Crippen molar-refractivity contribution in [1.82, 2.24) is 9.29 Å². The van der Waals surface area contributed by atoms with Gasteiger partial charge in [-0.1, -0.05) is 72.3 Å². The molecular weight excluding hydrogens is 452 g/mol. The van der Waals surface area contributed by atoms with Crippen molar-refractivity contribution in [3.05, 3.63) is 98.6 Å². The quantitative estimate of drug-likeness (QED) is 0.402. The Hall–Kier alpha value is -2.45. The number of hydrogen-bond acceptors (Lipinski definition) is 4. The molecule has 8 heteroatoms. The van der Waals surface area contributed by atoms with E-state index in [2.05, 4.69) is 4.72 Å². The first-order valence-corrected chi connectivity index (χ1v) is 12.5. The van der Waals surface area contributed by atoms with Gasteiger partial charge in [0.25, 0.3) is 0 Å². The summed E-state index contributed by atoms with van der Waals surface area (Å²) in [7, 11) is -3.75. The third kappa shape index (κ3) is 4.75. The standard InChI is InChI=1S/C23H21ClN2O3S2/c1-2-20(17-6-4-3-5-7-17)25-31(28,29)19-12-13-21-22(14-19)30-23(27)26(21)15-16-8-10-18(24)11-9-16/h3-14,20,25H,2,15H2,1H3. The number of aromatic nitrogens is 1. The molecule has 1 unspecified atom stereocenters. The first-order chi connectivity index (χ1) is 14.9. The SMILES string of the molecule is CCC(NS(=O)(=O)c1ccc2c(c1)sc(=O)n2Cc1ccc(Cl)cc1)c1ccccc1. The molecule has 160 valence electrons. The van der Waals surface area contributed by atoms with E-state index in [1.165, 1.54) is 0 Å². The van der Waals surface area contributed by atoms with Crippen LogP contribution in [0.1, 0.15) is 30.5 Å². The second-order valence-electron chi connectivity index (χ2n) is 7.20. The monoisotopic (exact) mass is 472 g/mol. The summed E-state index contributed by atoms with van der Waals surface area (Å²) in [5, 5.41) is 0.634. The van der Waals surface area contributed by atoms with Crippen LogP contribution >= 0.6 is 22.9 Å². The molecule has 1 aromatic heterocycles. The molecular formula is C23H21ClN2O3S2. The van der Waals surface area contributed by atoms with Crippen LogP contribution < -0.4 is 9.60 Å². The van der Waals surface area contributed by atoms with Gasteiger partial charge in [0, 0.05) is 11.1 Å². The van der Waals surface area contributed by atoms with E-state index >= 15 is 0 Å². The molecule has 0 radical (unpaired) electrons. The summed E-state index contributed by atoms with van der Waals surface area (Å²) in [6.45, 7) is 2.33. The van der Waals surface area contributed by atoms with Crippen molar-refractivity contribution < 1.29 is 8.42 Å². The highest BCUT2D eigenvalue weighted by Gasteiger charge is 2.21. The lowest BCUT2D eigenvalue weighted by atomic mass is 10.1. The number of rotatable bonds is 7. The van der Waals surface area contributed by atoms with Crippen LogP contribution in [-0.4, -0.2) is 13.0 Å². The second kappa shape index (κ2) is 8.96. The first kappa shape index (κ1) is 21.8. The lowest BCUT2D eigenvalue weighted by Crippen LogP contribution is -2.28. The van der Waals surface area contributed by atoms with Gasteiger partial charge in [0.2, 0.25) is 10.0 Å². The number of benzene rings is 3. The van der Waals surface area contributed by atoms with Crippen molar-refractivity contribution in [2.24, 2.45) is 0 Å². The zero-order chi connectivity index (χ0) is 22.0. The Bertz CT molecular complexity index is 1360. The molecule has 31 heavy (non-hydrogen) atoms. The van der Waals surface area contributed by atoms with E-state index in [0.717, 1.165) is 22.5 Å². The van der Waals surface area contributed by atoms with Crippen LogP contribution in [0.2, 0.25) is 5.02 Å². The molecule has 1 heterocycles. The summed E-state index contributed by atoms with van der Waals surface area (Å²) >= 11 is 6.98. The van der Waals surface area contributed by atoms with Gasteiger partial charge in [0.1, 0.15) is 0 Å². The van der Waals surface area contributed by atoms with Gasteiger partial charge in [-0.05, 0) is 47.9 Å². The number of nitrogens with zero attached hydrogens (tertiary/aromatic N) is 1. The summed E-state index contributed by atoms with van der Waals surface area (Å²) in [6, 6.07) is 21.3. The van der Waals surface area contributed by atoms with Gasteiger partial charge in [0.05, 0.1) is 21.7 Å². The van der Waals surface area contributed by atoms with Crippen molar-refractivity contribution in [2.45, 2.75) is 30.8 Å². The molecule has 5 nitrogen and oxygen atoms in total. The Morgan fingerprint density at radius 2 is 1.74 bits per heavy atom. The Kier molecular flexibility index (Phi) is 6.29. The van der Waals surface area contributed by atoms with Crippen LogP contribution in [0.3, 0.4) is 0 Å². The van der Waals surface area contributed by atoms with Crippen molar-refractivity contribution >= 4 is 43.2 Å². The smallest absolute Gasteiger partial charge is 0.294 e. The lowest BCUT2D eigenvalue weighted by molar-refractivity contribution is 0.550. The average molecular weight is 473 g/mol. The predicted molar refractivity (Wildman–Crippen MR) is 126 cm³/mol. The first-order valence-electron chi connectivity index (χ1n) is 9.82. The summed E-state index contributed by atoms with van der Waals surface area (Å²) < 4.78 is 31.1. The molecule has 0 saturated carbocycles. The van der Waals surface area contributed by atoms with Crippen LogP contribution in [0.5, 0.6) is 0 Å². The zero-order valence-electron chi connectivity index (χ0n) is 16.8. The van der Waals surface area contributed by atoms with Gasteiger partial charge in [0.15, 0.2) is 0 Å². The predicted octanol–water partition coefficient (Wildman–Crippen LogP) is 5.19. The van der Waals surface area contributed by atoms with E-state index in [9.17, 15) is 13.2 Å². The third-order valence-corrected chi connectivity index (χ3v) is 7.77. The van der Waals surface area contributed by atoms with Crippen molar-refractivity contribution in [3.63, 3.8) is 0 Å². The number of nitrogens with one attached hydrogen (secondary N) is 1. The van der Waals surface area contributed by atoms with Crippen LogP contribution in [0.25, 0.3) is 10.2 Å². The van der Waals surface area contributed by atoms with E-state index in [0.29, 0.717) is 28.2 Å². The molecule has 0 aliphatic heterocycles. The van der Waals surface area contributed by atoms with Gasteiger partial charge in [-0.2, -0.15) is 0 Å². The highest BCUT2D eigenvalue weighted by molar-refractivity contribution is 7.89. The van der Waals surface area contributed by atoms with E-state index in [-0.39, 0.29) is 15.8 Å². The number of halogens is 1. The van der Waals surface area contributed by atoms with Crippen LogP contribution in [0.15, 0.2) is 82.5 Å². The Balaban J connectivity index is 1.64. The van der Waals surface area contributed by atoms with Gasteiger partial charge < -0.3 is 0 Å². The molecule has 0 fully saturated rings. The number of hydrogen-bond donors (Lipinski definition) is 1. The molecule has 1 atom stereocenters. The molecule has 0 bridgehead atoms. The minimum absolute atomic E-state index is 0.136. The third-order valence-electron chi connectivity index (χ3n) is 5.11. The Labute approximate surface area is 190 Å². The molecule has 0 aliphatic carbocycles. The molecule has 3 aromatic carbocycles. The van der Waals surface area contributed by atoms with Crippen LogP contribution in [0, 0.1) is 0 Å². The average Bonchev–Trinajstić information content (AvgIpc) is 3.08. The maximum absolute atomic E-state index is 13.0. The number of fused-ring (bicyclic) bond motifs is 1. The van der Waals surface area contributed by atoms with E-state index in [1.54, 1.807) is 34.9 Å². The minimum atomic E-state index is -3.75. The highest BCUT2D eigenvalue weighted by Crippen LogP contribution is 2.25. The summed E-state index contributed by atoms with van der Waals surface area (Å²) in [6.07, 6.45) is 0.621. The lowest BCUT2D eigenvalue weighted by Gasteiger charge is -2.17. The van der Waals surface area contributed by atoms with Crippen molar-refractivity contribution in [3.8, 4) is 0 Å². The zero-order valence-corrected chi connectivity index (χ0v) is 19.2. The van der Waals surface area contributed by atoms with Gasteiger partial charge in [-0.3, -0.25) is 9.36 Å². The molecule has 0 spiro atoms. The number of sulfonamides is 1. The summed E-state index contributed by atoms with van der Waals surface area (Å²) in [4.78, 5) is 12.6. The van der Waals surface area contributed by atoms with Gasteiger partial charge in [-0.25, -0.2) is 13.1 Å². The normalized spacial score (nSPS) is 12.8. The largest absolute Gasteiger partial charge is 0.308 e. The second-order valence-corrected chi connectivity index (χ2v) is 10.3. The molecule has 1 N–H and O–H groups in total. The fraction of sp³-hybridized carbons (Fsp3) is 0.174. The van der Waals surface area contributed by atoms with Crippen molar-refractivity contribution in [2.75, 3.05) is 0 Å².